The smallest absolute Gasteiger partial charge is 0.209 e. The molecule has 0 unspecified atom stereocenters. The Morgan fingerprint density at radius 1 is 1.45 bits per heavy atom. The molecule has 0 N–H and O–H groups in total. The number of carbonyl (C=O) groups excluding carboxylic acids is 1. The van der Waals surface area contributed by atoms with Gasteiger partial charge in [-0.3, -0.25) is 4.79 Å². The van der Waals surface area contributed by atoms with Gasteiger partial charge < -0.3 is 4.57 Å². The van der Waals surface area contributed by atoms with Crippen molar-refractivity contribution in [1.82, 2.24) is 24.8 Å². The summed E-state index contributed by atoms with van der Waals surface area (Å²) in [5.74, 6) is 0.414. The van der Waals surface area contributed by atoms with Gasteiger partial charge in [-0.2, -0.15) is 0 Å². The summed E-state index contributed by atoms with van der Waals surface area (Å²) < 4.78 is 3.81. The van der Waals surface area contributed by atoms with Crippen LogP contribution < -0.4 is 0 Å². The lowest BCUT2D eigenvalue weighted by atomic mass is 10.2. The van der Waals surface area contributed by atoms with E-state index in [2.05, 4.69) is 26.7 Å². The number of ketones is 1. The summed E-state index contributed by atoms with van der Waals surface area (Å²) in [4.78, 5) is 12.5. The van der Waals surface area contributed by atoms with Crippen LogP contribution >= 0.6 is 11.8 Å². The Hall–Kier alpha value is -1.89. The first-order valence-corrected chi connectivity index (χ1v) is 8.15. The van der Waals surface area contributed by atoms with E-state index in [0.717, 1.165) is 17.0 Å². The van der Waals surface area contributed by atoms with Gasteiger partial charge in [-0.1, -0.05) is 17.8 Å². The number of tetrazole rings is 1. The van der Waals surface area contributed by atoms with E-state index in [4.69, 9.17) is 0 Å². The van der Waals surface area contributed by atoms with Crippen LogP contribution in [0, 0.1) is 13.8 Å². The Labute approximate surface area is 134 Å². The van der Waals surface area contributed by atoms with Crippen LogP contribution in [0.2, 0.25) is 0 Å². The van der Waals surface area contributed by atoms with Crippen molar-refractivity contribution in [2.75, 3.05) is 5.75 Å². The number of aryl methyl sites for hydroxylation is 1. The van der Waals surface area contributed by atoms with Gasteiger partial charge in [-0.15, -0.1) is 11.7 Å². The summed E-state index contributed by atoms with van der Waals surface area (Å²) in [6, 6.07) is 2.11. The second kappa shape index (κ2) is 6.91. The molecule has 0 bridgehead atoms. The van der Waals surface area contributed by atoms with Crippen LogP contribution in [0.1, 0.15) is 41.6 Å². The van der Waals surface area contributed by atoms with Crippen LogP contribution in [0.3, 0.4) is 0 Å². The minimum absolute atomic E-state index is 0.0896. The molecular weight excluding hydrogens is 298 g/mol. The summed E-state index contributed by atoms with van der Waals surface area (Å²) in [6.45, 7) is 12.4. The third kappa shape index (κ3) is 3.30. The molecule has 22 heavy (non-hydrogen) atoms. The van der Waals surface area contributed by atoms with Crippen molar-refractivity contribution in [3.63, 3.8) is 0 Å². The molecule has 0 saturated carbocycles. The average Bonchev–Trinajstić information content (AvgIpc) is 3.05. The van der Waals surface area contributed by atoms with Gasteiger partial charge in [0.15, 0.2) is 5.78 Å². The molecule has 0 radical (unpaired) electrons. The van der Waals surface area contributed by atoms with E-state index in [1.807, 2.05) is 39.8 Å². The van der Waals surface area contributed by atoms with Crippen molar-refractivity contribution >= 4 is 17.5 Å². The van der Waals surface area contributed by atoms with Crippen LogP contribution in [0.4, 0.5) is 0 Å². The van der Waals surface area contributed by atoms with Crippen molar-refractivity contribution < 1.29 is 4.79 Å². The molecule has 0 amide bonds. The van der Waals surface area contributed by atoms with Gasteiger partial charge in [0, 0.05) is 23.5 Å². The minimum atomic E-state index is 0.0896. The Morgan fingerprint density at radius 3 is 2.82 bits per heavy atom. The fraction of sp³-hybridized carbons (Fsp3) is 0.467. The van der Waals surface area contributed by atoms with Crippen molar-refractivity contribution in [2.24, 2.45) is 0 Å². The molecule has 2 aromatic rings. The molecule has 118 valence electrons. The number of hydrogen-bond donors (Lipinski definition) is 0. The number of thioether (sulfide) groups is 1. The van der Waals surface area contributed by atoms with Gasteiger partial charge in [0.2, 0.25) is 5.16 Å². The van der Waals surface area contributed by atoms with Crippen molar-refractivity contribution in [2.45, 2.75) is 45.4 Å². The quantitative estimate of drug-likeness (QED) is 0.446. The number of nitrogens with zero attached hydrogens (tertiary/aromatic N) is 5. The Kier molecular flexibility index (Phi) is 5.18. The maximum atomic E-state index is 12.5. The highest BCUT2D eigenvalue weighted by Gasteiger charge is 2.17. The molecule has 0 aromatic carbocycles. The predicted molar refractivity (Wildman–Crippen MR) is 87.4 cm³/mol. The Morgan fingerprint density at radius 2 is 2.18 bits per heavy atom. The minimum Gasteiger partial charge on any atom is -0.345 e. The van der Waals surface area contributed by atoms with E-state index >= 15 is 0 Å². The van der Waals surface area contributed by atoms with Crippen molar-refractivity contribution in [3.05, 3.63) is 35.7 Å². The lowest BCUT2D eigenvalue weighted by Crippen LogP contribution is -2.09. The molecule has 0 aliphatic rings. The zero-order valence-corrected chi connectivity index (χ0v) is 14.2. The molecule has 2 aromatic heterocycles. The summed E-state index contributed by atoms with van der Waals surface area (Å²) in [6.07, 6.45) is 1.83. The fourth-order valence-corrected chi connectivity index (χ4v) is 3.20. The van der Waals surface area contributed by atoms with Crippen LogP contribution in [0.25, 0.3) is 0 Å². The molecule has 6 nitrogen and oxygen atoms in total. The molecule has 0 fully saturated rings. The average molecular weight is 319 g/mol. The number of Topliss-reactive ketones (excluding diaryl/α,β-unsaturated/α-hetero) is 1. The fourth-order valence-electron chi connectivity index (χ4n) is 2.31. The molecule has 0 spiro atoms. The van der Waals surface area contributed by atoms with Gasteiger partial charge in [-0.05, 0) is 44.2 Å². The zero-order valence-electron chi connectivity index (χ0n) is 13.4. The third-order valence-electron chi connectivity index (χ3n) is 3.47. The lowest BCUT2D eigenvalue weighted by molar-refractivity contribution is 0.102. The molecule has 0 saturated heterocycles. The highest BCUT2D eigenvalue weighted by molar-refractivity contribution is 7.99. The molecule has 2 rings (SSSR count). The maximum Gasteiger partial charge on any atom is 0.209 e. The lowest BCUT2D eigenvalue weighted by Gasteiger charge is -2.07. The van der Waals surface area contributed by atoms with E-state index in [-0.39, 0.29) is 11.8 Å². The Balaban J connectivity index is 2.11. The standard InChI is InChI=1S/C15H21N5OS/c1-6-7-19-11(4)8-13(12(19)5)14(21)9-22-15-16-17-18-20(15)10(2)3/h6,8,10H,1,7,9H2,2-5H3. The highest BCUT2D eigenvalue weighted by atomic mass is 32.2. The zero-order chi connectivity index (χ0) is 16.3. The van der Waals surface area contributed by atoms with Gasteiger partial charge >= 0.3 is 0 Å². The van der Waals surface area contributed by atoms with E-state index in [9.17, 15) is 4.79 Å². The number of rotatable bonds is 7. The van der Waals surface area contributed by atoms with Gasteiger partial charge in [0.05, 0.1) is 11.8 Å². The second-order valence-electron chi connectivity index (χ2n) is 5.40. The first-order chi connectivity index (χ1) is 10.5. The highest BCUT2D eigenvalue weighted by Crippen LogP contribution is 2.21. The summed E-state index contributed by atoms with van der Waals surface area (Å²) in [5, 5.41) is 12.2. The number of allylic oxidation sites excluding steroid dienone is 1. The molecule has 0 aliphatic heterocycles. The number of hydrogen-bond acceptors (Lipinski definition) is 5. The van der Waals surface area contributed by atoms with Crippen LogP contribution in [0.15, 0.2) is 23.9 Å². The number of aromatic nitrogens is 5. The summed E-state index contributed by atoms with van der Waals surface area (Å²) in [7, 11) is 0. The van der Waals surface area contributed by atoms with Gasteiger partial charge in [0.25, 0.3) is 0 Å². The molecule has 0 atom stereocenters. The van der Waals surface area contributed by atoms with Crippen LogP contribution in [-0.4, -0.2) is 36.3 Å². The maximum absolute atomic E-state index is 12.5. The first-order valence-electron chi connectivity index (χ1n) is 7.17. The van der Waals surface area contributed by atoms with E-state index < -0.39 is 0 Å². The molecule has 2 heterocycles. The van der Waals surface area contributed by atoms with Crippen molar-refractivity contribution in [1.29, 1.82) is 0 Å². The monoisotopic (exact) mass is 319 g/mol. The van der Waals surface area contributed by atoms with Crippen LogP contribution in [-0.2, 0) is 6.54 Å². The van der Waals surface area contributed by atoms with Gasteiger partial charge in [0.1, 0.15) is 0 Å². The Bertz CT molecular complexity index is 686. The van der Waals surface area contributed by atoms with E-state index in [1.54, 1.807) is 4.68 Å². The normalized spacial score (nSPS) is 11.1. The second-order valence-corrected chi connectivity index (χ2v) is 6.34. The molecular formula is C15H21N5OS. The van der Waals surface area contributed by atoms with E-state index in [0.29, 0.717) is 17.5 Å². The SMILES string of the molecule is C=CCn1c(C)cc(C(=O)CSc2nnnn2C(C)C)c1C. The summed E-state index contributed by atoms with van der Waals surface area (Å²) >= 11 is 1.37. The van der Waals surface area contributed by atoms with Gasteiger partial charge in [-0.25, -0.2) is 4.68 Å². The largest absolute Gasteiger partial charge is 0.345 e. The number of carbonyl (C=O) groups is 1. The molecule has 7 heteroatoms. The summed E-state index contributed by atoms with van der Waals surface area (Å²) in [5.41, 5.74) is 2.81. The molecule has 0 aliphatic carbocycles. The predicted octanol–water partition coefficient (Wildman–Crippen LogP) is 2.83. The third-order valence-corrected chi connectivity index (χ3v) is 4.40. The van der Waals surface area contributed by atoms with Crippen LogP contribution in [0.5, 0.6) is 0 Å². The van der Waals surface area contributed by atoms with Crippen molar-refractivity contribution in [3.8, 4) is 0 Å². The topological polar surface area (TPSA) is 65.6 Å². The first kappa shape index (κ1) is 16.5. The van der Waals surface area contributed by atoms with E-state index in [1.165, 1.54) is 11.8 Å².